The van der Waals surface area contributed by atoms with Crippen LogP contribution in [0.2, 0.25) is 0 Å². The first-order valence-electron chi connectivity index (χ1n) is 9.84. The van der Waals surface area contributed by atoms with Crippen LogP contribution in [0.25, 0.3) is 0 Å². The fraction of sp³-hybridized carbons (Fsp3) is 0.579. The van der Waals surface area contributed by atoms with Crippen LogP contribution in [0.3, 0.4) is 0 Å². The number of piperidine rings is 1. The van der Waals surface area contributed by atoms with Crippen LogP contribution in [-0.2, 0) is 9.59 Å². The van der Waals surface area contributed by atoms with E-state index < -0.39 is 30.6 Å². The van der Waals surface area contributed by atoms with Crippen LogP contribution in [0.5, 0.6) is 11.5 Å². The molecule has 3 N–H and O–H groups in total. The van der Waals surface area contributed by atoms with E-state index in [4.69, 9.17) is 9.47 Å². The number of carbonyl (C=O) groups is 2. The van der Waals surface area contributed by atoms with Crippen molar-refractivity contribution in [2.75, 3.05) is 26.4 Å². The van der Waals surface area contributed by atoms with Crippen LogP contribution in [0.1, 0.15) is 30.9 Å². The molecule has 1 aromatic rings. The van der Waals surface area contributed by atoms with Crippen molar-refractivity contribution in [2.45, 2.75) is 37.5 Å². The molecule has 3 heterocycles. The molecule has 164 valence electrons. The Bertz CT molecular complexity index is 811. The van der Waals surface area contributed by atoms with Crippen LogP contribution in [-0.4, -0.2) is 55.4 Å². The second-order valence-electron chi connectivity index (χ2n) is 7.67. The predicted molar refractivity (Wildman–Crippen MR) is 98.4 cm³/mol. The SMILES string of the molecule is O=C(NCC(F)(F)F)C1CCN(C(=O)C2CC(c3ccc4c(c3)OCO4)NN2)CC1. The van der Waals surface area contributed by atoms with E-state index in [2.05, 4.69) is 10.9 Å². The largest absolute Gasteiger partial charge is 0.454 e. The van der Waals surface area contributed by atoms with Gasteiger partial charge >= 0.3 is 6.18 Å². The average Bonchev–Trinajstić information content (AvgIpc) is 3.40. The van der Waals surface area contributed by atoms with Crippen LogP contribution in [0, 0.1) is 5.92 Å². The zero-order valence-electron chi connectivity index (χ0n) is 16.1. The fourth-order valence-electron chi connectivity index (χ4n) is 3.98. The first-order chi connectivity index (χ1) is 14.3. The van der Waals surface area contributed by atoms with Crippen LogP contribution in [0.15, 0.2) is 18.2 Å². The highest BCUT2D eigenvalue weighted by Gasteiger charge is 2.36. The van der Waals surface area contributed by atoms with Crippen molar-refractivity contribution in [2.24, 2.45) is 5.92 Å². The lowest BCUT2D eigenvalue weighted by atomic mass is 9.94. The van der Waals surface area contributed by atoms with Gasteiger partial charge in [-0.15, -0.1) is 0 Å². The maximum Gasteiger partial charge on any atom is 0.405 e. The van der Waals surface area contributed by atoms with Crippen molar-refractivity contribution in [1.82, 2.24) is 21.1 Å². The normalized spacial score (nSPS) is 24.2. The molecular weight excluding hydrogens is 405 g/mol. The van der Waals surface area contributed by atoms with Gasteiger partial charge in [-0.25, -0.2) is 10.9 Å². The number of fused-ring (bicyclic) bond motifs is 1. The molecule has 8 nitrogen and oxygen atoms in total. The van der Waals surface area contributed by atoms with Gasteiger partial charge in [0, 0.05) is 25.0 Å². The molecule has 2 atom stereocenters. The lowest BCUT2D eigenvalue weighted by molar-refractivity contribution is -0.143. The number of ether oxygens (including phenoxy) is 2. The first-order valence-corrected chi connectivity index (χ1v) is 9.84. The Labute approximate surface area is 171 Å². The number of amides is 2. The van der Waals surface area contributed by atoms with Crippen LogP contribution in [0.4, 0.5) is 13.2 Å². The van der Waals surface area contributed by atoms with Gasteiger partial charge in [0.15, 0.2) is 11.5 Å². The summed E-state index contributed by atoms with van der Waals surface area (Å²) in [4.78, 5) is 26.4. The van der Waals surface area contributed by atoms with E-state index >= 15 is 0 Å². The van der Waals surface area contributed by atoms with Crippen molar-refractivity contribution >= 4 is 11.8 Å². The van der Waals surface area contributed by atoms with Crippen LogP contribution >= 0.6 is 0 Å². The highest BCUT2D eigenvalue weighted by atomic mass is 19.4. The van der Waals surface area contributed by atoms with Crippen molar-refractivity contribution in [3.05, 3.63) is 23.8 Å². The van der Waals surface area contributed by atoms with E-state index in [1.807, 2.05) is 23.5 Å². The molecule has 11 heteroatoms. The third kappa shape index (κ3) is 4.62. The number of alkyl halides is 3. The van der Waals surface area contributed by atoms with E-state index in [1.165, 1.54) is 0 Å². The highest BCUT2D eigenvalue weighted by Crippen LogP contribution is 2.36. The number of carbonyl (C=O) groups excluding carboxylic acids is 2. The topological polar surface area (TPSA) is 91.9 Å². The lowest BCUT2D eigenvalue weighted by Gasteiger charge is -2.32. The molecule has 2 unspecified atom stereocenters. The van der Waals surface area contributed by atoms with Gasteiger partial charge in [0.2, 0.25) is 18.6 Å². The number of halogens is 3. The molecular formula is C19H23F3N4O4. The lowest BCUT2D eigenvalue weighted by Crippen LogP contribution is -2.50. The summed E-state index contributed by atoms with van der Waals surface area (Å²) in [6.07, 6.45) is -3.19. The van der Waals surface area contributed by atoms with Gasteiger partial charge < -0.3 is 19.7 Å². The molecule has 1 aromatic carbocycles. The summed E-state index contributed by atoms with van der Waals surface area (Å²) in [7, 11) is 0. The second kappa shape index (κ2) is 8.31. The molecule has 0 radical (unpaired) electrons. The predicted octanol–water partition coefficient (Wildman–Crippen LogP) is 1.24. The van der Waals surface area contributed by atoms with Crippen molar-refractivity contribution in [1.29, 1.82) is 0 Å². The molecule has 0 bridgehead atoms. The molecule has 3 aliphatic heterocycles. The summed E-state index contributed by atoms with van der Waals surface area (Å²) in [5.41, 5.74) is 7.12. The minimum Gasteiger partial charge on any atom is -0.454 e. The molecule has 2 amide bonds. The van der Waals surface area contributed by atoms with Gasteiger partial charge in [0.25, 0.3) is 0 Å². The molecule has 0 aliphatic carbocycles. The smallest absolute Gasteiger partial charge is 0.405 e. The number of benzene rings is 1. The summed E-state index contributed by atoms with van der Waals surface area (Å²) in [5.74, 6) is 0.171. The zero-order chi connectivity index (χ0) is 21.3. The van der Waals surface area contributed by atoms with Crippen molar-refractivity contribution in [3.63, 3.8) is 0 Å². The summed E-state index contributed by atoms with van der Waals surface area (Å²) in [5, 5.41) is 1.92. The Morgan fingerprint density at radius 3 is 2.60 bits per heavy atom. The summed E-state index contributed by atoms with van der Waals surface area (Å²) >= 11 is 0. The molecule has 30 heavy (non-hydrogen) atoms. The fourth-order valence-corrected chi connectivity index (χ4v) is 3.98. The molecule has 2 saturated heterocycles. The zero-order valence-corrected chi connectivity index (χ0v) is 16.1. The maximum atomic E-state index is 12.8. The van der Waals surface area contributed by atoms with E-state index in [0.717, 1.165) is 5.56 Å². The number of rotatable bonds is 4. The number of likely N-dealkylation sites (tertiary alicyclic amines) is 1. The van der Waals surface area contributed by atoms with Gasteiger partial charge in [-0.05, 0) is 37.0 Å². The Morgan fingerprint density at radius 1 is 1.13 bits per heavy atom. The van der Waals surface area contributed by atoms with Gasteiger partial charge in [-0.3, -0.25) is 9.59 Å². The number of hydrogen-bond donors (Lipinski definition) is 3. The Balaban J connectivity index is 1.26. The van der Waals surface area contributed by atoms with Gasteiger partial charge in [0.1, 0.15) is 12.6 Å². The minimum atomic E-state index is -4.43. The monoisotopic (exact) mass is 428 g/mol. The van der Waals surface area contributed by atoms with E-state index in [9.17, 15) is 22.8 Å². The number of nitrogens with zero attached hydrogens (tertiary/aromatic N) is 1. The molecule has 4 rings (SSSR count). The third-order valence-electron chi connectivity index (χ3n) is 5.64. The maximum absolute atomic E-state index is 12.8. The van der Waals surface area contributed by atoms with E-state index in [0.29, 0.717) is 43.9 Å². The van der Waals surface area contributed by atoms with Gasteiger partial charge in [-0.2, -0.15) is 13.2 Å². The Morgan fingerprint density at radius 2 is 1.87 bits per heavy atom. The second-order valence-corrected chi connectivity index (χ2v) is 7.67. The van der Waals surface area contributed by atoms with Crippen molar-refractivity contribution in [3.8, 4) is 11.5 Å². The number of hydrogen-bond acceptors (Lipinski definition) is 6. The number of nitrogens with one attached hydrogen (secondary N) is 3. The first kappa shape index (κ1) is 20.7. The standard InChI is InChI=1S/C19H23F3N4O4/c20-19(21,22)9-23-17(27)11-3-5-26(6-4-11)18(28)14-8-13(24-25-14)12-1-2-15-16(7-12)30-10-29-15/h1-2,7,11,13-14,24-25H,3-6,8-10H2,(H,23,27). The summed E-state index contributed by atoms with van der Waals surface area (Å²) in [6.45, 7) is -0.448. The molecule has 0 saturated carbocycles. The van der Waals surface area contributed by atoms with E-state index in [1.54, 1.807) is 4.90 Å². The minimum absolute atomic E-state index is 0.0702. The number of hydrazine groups is 1. The van der Waals surface area contributed by atoms with Gasteiger partial charge in [-0.1, -0.05) is 6.07 Å². The Kier molecular flexibility index (Phi) is 5.74. The molecule has 3 aliphatic rings. The third-order valence-corrected chi connectivity index (χ3v) is 5.64. The summed E-state index contributed by atoms with van der Waals surface area (Å²) in [6, 6.07) is 5.16. The quantitative estimate of drug-likeness (QED) is 0.669. The average molecular weight is 428 g/mol. The molecule has 0 aromatic heterocycles. The van der Waals surface area contributed by atoms with Crippen LogP contribution < -0.4 is 25.6 Å². The summed E-state index contributed by atoms with van der Waals surface area (Å²) < 4.78 is 47.5. The van der Waals surface area contributed by atoms with Crippen molar-refractivity contribution < 1.29 is 32.2 Å². The van der Waals surface area contributed by atoms with E-state index in [-0.39, 0.29) is 18.7 Å². The van der Waals surface area contributed by atoms with Gasteiger partial charge in [0.05, 0.1) is 0 Å². The molecule has 0 spiro atoms. The highest BCUT2D eigenvalue weighted by molar-refractivity contribution is 5.83. The molecule has 2 fully saturated rings. The Hall–Kier alpha value is -2.53.